The molecule has 1 aromatic heterocycles. The fourth-order valence-corrected chi connectivity index (χ4v) is 2.15. The number of hydrogen-bond acceptors (Lipinski definition) is 4. The van der Waals surface area contributed by atoms with E-state index in [-0.39, 0.29) is 24.0 Å². The van der Waals surface area contributed by atoms with Crippen LogP contribution in [0.15, 0.2) is 33.8 Å². The van der Waals surface area contributed by atoms with Gasteiger partial charge in [-0.05, 0) is 17.7 Å². The molecule has 1 aromatic carbocycles. The second-order valence-corrected chi connectivity index (χ2v) is 5.05. The summed E-state index contributed by atoms with van der Waals surface area (Å²) in [5.74, 6) is 1.90. The van der Waals surface area contributed by atoms with Crippen LogP contribution in [0, 0.1) is 6.92 Å². The SMILES string of the molecule is CN=C(NCc1noc(C)n1)N(C)Cc1cccc(Cl)c1.I. The van der Waals surface area contributed by atoms with Crippen molar-refractivity contribution in [2.45, 2.75) is 20.0 Å². The van der Waals surface area contributed by atoms with Crippen LogP contribution >= 0.6 is 35.6 Å². The van der Waals surface area contributed by atoms with Crippen molar-refractivity contribution in [2.75, 3.05) is 14.1 Å². The van der Waals surface area contributed by atoms with Gasteiger partial charge in [-0.3, -0.25) is 4.99 Å². The molecule has 0 amide bonds. The molecule has 0 saturated heterocycles. The summed E-state index contributed by atoms with van der Waals surface area (Å²) >= 11 is 5.99. The van der Waals surface area contributed by atoms with Crippen molar-refractivity contribution < 1.29 is 4.52 Å². The van der Waals surface area contributed by atoms with Crippen molar-refractivity contribution >= 4 is 41.5 Å². The highest BCUT2D eigenvalue weighted by molar-refractivity contribution is 14.0. The van der Waals surface area contributed by atoms with Crippen LogP contribution in [0.25, 0.3) is 0 Å². The number of guanidine groups is 1. The van der Waals surface area contributed by atoms with Gasteiger partial charge in [-0.25, -0.2) is 0 Å². The lowest BCUT2D eigenvalue weighted by Gasteiger charge is -2.21. The number of rotatable bonds is 4. The van der Waals surface area contributed by atoms with E-state index >= 15 is 0 Å². The van der Waals surface area contributed by atoms with E-state index < -0.39 is 0 Å². The van der Waals surface area contributed by atoms with Crippen LogP contribution in [0.1, 0.15) is 17.3 Å². The molecule has 0 aliphatic carbocycles. The van der Waals surface area contributed by atoms with E-state index in [4.69, 9.17) is 16.1 Å². The van der Waals surface area contributed by atoms with E-state index in [1.807, 2.05) is 36.2 Å². The van der Waals surface area contributed by atoms with E-state index in [0.717, 1.165) is 16.5 Å². The minimum atomic E-state index is 0. The van der Waals surface area contributed by atoms with E-state index in [2.05, 4.69) is 20.4 Å². The van der Waals surface area contributed by atoms with Crippen LogP contribution in [-0.2, 0) is 13.1 Å². The second-order valence-electron chi connectivity index (χ2n) is 4.62. The molecule has 0 spiro atoms. The van der Waals surface area contributed by atoms with Gasteiger partial charge in [0.1, 0.15) is 0 Å². The summed E-state index contributed by atoms with van der Waals surface area (Å²) in [6.07, 6.45) is 0. The molecule has 1 N–H and O–H groups in total. The first-order valence-electron chi connectivity index (χ1n) is 6.54. The molecule has 0 saturated carbocycles. The first-order chi connectivity index (χ1) is 10.1. The summed E-state index contributed by atoms with van der Waals surface area (Å²) in [7, 11) is 3.69. The molecule has 1 heterocycles. The number of aryl methyl sites for hydroxylation is 1. The highest BCUT2D eigenvalue weighted by Crippen LogP contribution is 2.12. The highest BCUT2D eigenvalue weighted by Gasteiger charge is 2.09. The molecule has 0 atom stereocenters. The largest absolute Gasteiger partial charge is 0.349 e. The third-order valence-corrected chi connectivity index (χ3v) is 3.09. The van der Waals surface area contributed by atoms with Crippen LogP contribution < -0.4 is 5.32 Å². The Hall–Kier alpha value is -1.35. The Bertz CT molecular complexity index is 631. The van der Waals surface area contributed by atoms with Gasteiger partial charge in [0, 0.05) is 32.6 Å². The second kappa shape index (κ2) is 8.94. The number of nitrogens with one attached hydrogen (secondary N) is 1. The molecule has 0 aliphatic heterocycles. The highest BCUT2D eigenvalue weighted by atomic mass is 127. The maximum atomic E-state index is 5.99. The predicted molar refractivity (Wildman–Crippen MR) is 97.6 cm³/mol. The van der Waals surface area contributed by atoms with Crippen molar-refractivity contribution in [3.63, 3.8) is 0 Å². The van der Waals surface area contributed by atoms with E-state index in [1.54, 1.807) is 14.0 Å². The molecule has 0 unspecified atom stereocenters. The molecule has 6 nitrogen and oxygen atoms in total. The van der Waals surface area contributed by atoms with Crippen LogP contribution in [0.3, 0.4) is 0 Å². The third-order valence-electron chi connectivity index (χ3n) is 2.86. The van der Waals surface area contributed by atoms with Crippen LogP contribution in [0.4, 0.5) is 0 Å². The number of benzene rings is 1. The van der Waals surface area contributed by atoms with Gasteiger partial charge in [0.2, 0.25) is 5.89 Å². The fourth-order valence-electron chi connectivity index (χ4n) is 1.94. The van der Waals surface area contributed by atoms with E-state index in [1.165, 1.54) is 0 Å². The molecule has 120 valence electrons. The Morgan fingerprint density at radius 1 is 1.45 bits per heavy atom. The summed E-state index contributed by atoms with van der Waals surface area (Å²) in [6.45, 7) is 2.92. The molecule has 22 heavy (non-hydrogen) atoms. The van der Waals surface area contributed by atoms with Crippen molar-refractivity contribution in [1.82, 2.24) is 20.4 Å². The topological polar surface area (TPSA) is 66.5 Å². The van der Waals surface area contributed by atoms with E-state index in [0.29, 0.717) is 24.8 Å². The quantitative estimate of drug-likeness (QED) is 0.454. The first-order valence-corrected chi connectivity index (χ1v) is 6.91. The fraction of sp³-hybridized carbons (Fsp3) is 0.357. The zero-order chi connectivity index (χ0) is 15.2. The molecule has 2 rings (SSSR count). The molecule has 2 aromatic rings. The summed E-state index contributed by atoms with van der Waals surface area (Å²) in [5.41, 5.74) is 1.11. The number of aliphatic imine (C=N–C) groups is 1. The lowest BCUT2D eigenvalue weighted by molar-refractivity contribution is 0.386. The van der Waals surface area contributed by atoms with Gasteiger partial charge in [-0.2, -0.15) is 4.98 Å². The van der Waals surface area contributed by atoms with Crippen LogP contribution in [0.2, 0.25) is 5.02 Å². The Kier molecular flexibility index (Phi) is 7.60. The van der Waals surface area contributed by atoms with Gasteiger partial charge >= 0.3 is 0 Å². The third kappa shape index (κ3) is 5.45. The first kappa shape index (κ1) is 18.7. The van der Waals surface area contributed by atoms with Gasteiger partial charge in [-0.15, -0.1) is 24.0 Å². The maximum absolute atomic E-state index is 5.99. The van der Waals surface area contributed by atoms with Gasteiger partial charge in [0.15, 0.2) is 11.8 Å². The molecule has 0 radical (unpaired) electrons. The molecule has 8 heteroatoms. The van der Waals surface area contributed by atoms with Gasteiger partial charge in [0.05, 0.1) is 6.54 Å². The molecule has 0 bridgehead atoms. The smallest absolute Gasteiger partial charge is 0.223 e. The number of nitrogens with zero attached hydrogens (tertiary/aromatic N) is 4. The minimum absolute atomic E-state index is 0. The monoisotopic (exact) mass is 435 g/mol. The molecular weight excluding hydrogens is 417 g/mol. The lowest BCUT2D eigenvalue weighted by Crippen LogP contribution is -2.38. The van der Waals surface area contributed by atoms with Crippen molar-refractivity contribution in [3.05, 3.63) is 46.6 Å². The average Bonchev–Trinajstić information content (AvgIpc) is 2.85. The molecule has 0 aliphatic rings. The van der Waals surface area contributed by atoms with Gasteiger partial charge in [0.25, 0.3) is 0 Å². The average molecular weight is 436 g/mol. The zero-order valence-electron chi connectivity index (χ0n) is 12.7. The summed E-state index contributed by atoms with van der Waals surface area (Å²) in [6, 6.07) is 7.76. The Morgan fingerprint density at radius 2 is 2.23 bits per heavy atom. The van der Waals surface area contributed by atoms with Crippen molar-refractivity contribution in [2.24, 2.45) is 4.99 Å². The Balaban J connectivity index is 0.00000242. The van der Waals surface area contributed by atoms with Crippen molar-refractivity contribution in [1.29, 1.82) is 0 Å². The number of halogens is 2. The Morgan fingerprint density at radius 3 is 2.82 bits per heavy atom. The molecule has 0 fully saturated rings. The van der Waals surface area contributed by atoms with Gasteiger partial charge in [-0.1, -0.05) is 28.9 Å². The standard InChI is InChI=1S/C14H18ClN5O.HI/c1-10-18-13(19-21-10)8-17-14(16-2)20(3)9-11-5-4-6-12(15)7-11;/h4-7H,8-9H2,1-3H3,(H,16,17);1H. The van der Waals surface area contributed by atoms with Gasteiger partial charge < -0.3 is 14.7 Å². The maximum Gasteiger partial charge on any atom is 0.223 e. The lowest BCUT2D eigenvalue weighted by atomic mass is 10.2. The Labute approximate surface area is 152 Å². The number of hydrogen-bond donors (Lipinski definition) is 1. The van der Waals surface area contributed by atoms with Crippen LogP contribution in [-0.4, -0.2) is 35.1 Å². The predicted octanol–water partition coefficient (Wildman–Crippen LogP) is 2.86. The molecular formula is C14H19ClIN5O. The normalized spacial score (nSPS) is 11.0. The van der Waals surface area contributed by atoms with Crippen LogP contribution in [0.5, 0.6) is 0 Å². The number of aromatic nitrogens is 2. The summed E-state index contributed by atoms with van der Waals surface area (Å²) < 4.78 is 4.93. The minimum Gasteiger partial charge on any atom is -0.349 e. The zero-order valence-corrected chi connectivity index (χ0v) is 15.8. The summed E-state index contributed by atoms with van der Waals surface area (Å²) in [4.78, 5) is 10.4. The van der Waals surface area contributed by atoms with E-state index in [9.17, 15) is 0 Å². The summed E-state index contributed by atoms with van der Waals surface area (Å²) in [5, 5.41) is 7.76. The van der Waals surface area contributed by atoms with Crippen molar-refractivity contribution in [3.8, 4) is 0 Å².